The molecule has 2 saturated heterocycles. The number of rotatable bonds is 6. The number of carbonyl (C=O) groups excluding carboxylic acids is 1. The zero-order chi connectivity index (χ0) is 30.2. The van der Waals surface area contributed by atoms with E-state index in [1.807, 2.05) is 32.9 Å². The van der Waals surface area contributed by atoms with Crippen LogP contribution in [0.3, 0.4) is 0 Å². The fourth-order valence-electron chi connectivity index (χ4n) is 6.05. The summed E-state index contributed by atoms with van der Waals surface area (Å²) in [6, 6.07) is 7.66. The highest BCUT2D eigenvalue weighted by Gasteiger charge is 2.42. The lowest BCUT2D eigenvalue weighted by Gasteiger charge is -2.50. The zero-order valence-corrected chi connectivity index (χ0v) is 24.4. The van der Waals surface area contributed by atoms with E-state index in [9.17, 15) is 22.8 Å². The molecule has 0 aliphatic carbocycles. The number of pyridine rings is 1. The number of halogens is 3. The van der Waals surface area contributed by atoms with Gasteiger partial charge < -0.3 is 14.5 Å². The number of alkyl halides is 3. The van der Waals surface area contributed by atoms with Crippen LogP contribution in [0, 0.1) is 6.92 Å². The number of carbonyl (C=O) groups is 1. The van der Waals surface area contributed by atoms with Crippen LogP contribution in [0.2, 0.25) is 0 Å². The van der Waals surface area contributed by atoms with Crippen LogP contribution in [-0.2, 0) is 22.8 Å². The first-order chi connectivity index (χ1) is 20.0. The number of morpholine rings is 1. The van der Waals surface area contributed by atoms with Crippen molar-refractivity contribution in [3.8, 4) is 0 Å². The average molecular weight is 587 g/mol. The first kappa shape index (κ1) is 30.0. The van der Waals surface area contributed by atoms with Gasteiger partial charge in [-0.3, -0.25) is 14.3 Å². The van der Waals surface area contributed by atoms with Crippen molar-refractivity contribution < 1.29 is 22.7 Å². The van der Waals surface area contributed by atoms with Crippen LogP contribution in [-0.4, -0.2) is 81.7 Å². The maximum absolute atomic E-state index is 14.1. The van der Waals surface area contributed by atoms with Crippen LogP contribution >= 0.6 is 0 Å². The Morgan fingerprint density at radius 2 is 1.67 bits per heavy atom. The summed E-state index contributed by atoms with van der Waals surface area (Å²) in [6.07, 6.45) is -3.10. The van der Waals surface area contributed by atoms with Gasteiger partial charge in [-0.1, -0.05) is 26.0 Å². The normalized spacial score (nSPS) is 21.1. The molecule has 2 aromatic heterocycles. The van der Waals surface area contributed by atoms with E-state index in [4.69, 9.17) is 9.72 Å². The highest BCUT2D eigenvalue weighted by Crippen LogP contribution is 2.36. The molecule has 9 nitrogen and oxygen atoms in total. The van der Waals surface area contributed by atoms with Crippen molar-refractivity contribution in [1.82, 2.24) is 24.3 Å². The summed E-state index contributed by atoms with van der Waals surface area (Å²) in [5.74, 6) is 0.376. The maximum Gasteiger partial charge on any atom is 0.416 e. The molecule has 5 rings (SSSR count). The van der Waals surface area contributed by atoms with Crippen molar-refractivity contribution in [2.75, 3.05) is 44.3 Å². The minimum atomic E-state index is -4.47. The summed E-state index contributed by atoms with van der Waals surface area (Å²) < 4.78 is 47.1. The van der Waals surface area contributed by atoms with Gasteiger partial charge in [0.15, 0.2) is 5.82 Å². The van der Waals surface area contributed by atoms with Crippen molar-refractivity contribution in [3.05, 3.63) is 63.7 Å². The Morgan fingerprint density at radius 1 is 1.00 bits per heavy atom. The molecule has 0 spiro atoms. The fraction of sp³-hybridized carbons (Fsp3) is 0.533. The number of aryl methyl sites for hydroxylation is 2. The Bertz CT molecular complexity index is 1490. The first-order valence-electron chi connectivity index (χ1n) is 14.4. The summed E-state index contributed by atoms with van der Waals surface area (Å²) in [7, 11) is 1.68. The molecule has 3 aromatic rings. The van der Waals surface area contributed by atoms with Crippen LogP contribution in [0.25, 0.3) is 11.0 Å². The molecule has 2 fully saturated rings. The predicted molar refractivity (Wildman–Crippen MR) is 153 cm³/mol. The van der Waals surface area contributed by atoms with Gasteiger partial charge in [-0.05, 0) is 49.6 Å². The van der Waals surface area contributed by atoms with E-state index in [1.54, 1.807) is 11.9 Å². The number of anilines is 1. The monoisotopic (exact) mass is 586 g/mol. The number of ether oxygens (including phenoxy) is 1. The van der Waals surface area contributed by atoms with Crippen LogP contribution < -0.4 is 10.6 Å². The zero-order valence-electron chi connectivity index (χ0n) is 24.4. The predicted octanol–water partition coefficient (Wildman–Crippen LogP) is 3.94. The number of hydrogen-bond donors (Lipinski definition) is 0. The molecule has 42 heavy (non-hydrogen) atoms. The minimum Gasteiger partial charge on any atom is -0.378 e. The molecule has 4 heterocycles. The largest absolute Gasteiger partial charge is 0.416 e. The van der Waals surface area contributed by atoms with Crippen molar-refractivity contribution >= 4 is 22.8 Å². The Kier molecular flexibility index (Phi) is 8.56. The molecule has 226 valence electrons. The highest BCUT2D eigenvalue weighted by molar-refractivity contribution is 5.86. The number of aromatic nitrogens is 3. The Labute approximate surface area is 242 Å². The minimum absolute atomic E-state index is 0.118. The van der Waals surface area contributed by atoms with Crippen LogP contribution in [0.1, 0.15) is 49.6 Å². The molecule has 1 unspecified atom stereocenters. The summed E-state index contributed by atoms with van der Waals surface area (Å²) in [6.45, 7) is 8.60. The van der Waals surface area contributed by atoms with Crippen LogP contribution in [0.5, 0.6) is 0 Å². The Hall–Kier alpha value is -3.51. The number of hydrogen-bond acceptors (Lipinski definition) is 7. The second kappa shape index (κ2) is 12.0. The van der Waals surface area contributed by atoms with E-state index < -0.39 is 17.8 Å². The van der Waals surface area contributed by atoms with Gasteiger partial charge in [-0.15, -0.1) is 0 Å². The topological polar surface area (TPSA) is 83.8 Å². The van der Waals surface area contributed by atoms with Gasteiger partial charge in [0.1, 0.15) is 11.6 Å². The van der Waals surface area contributed by atoms with Gasteiger partial charge in [0.25, 0.3) is 0 Å². The molecule has 0 N–H and O–H groups in total. The molecule has 0 saturated carbocycles. The second-order valence-electron chi connectivity index (χ2n) is 11.0. The Morgan fingerprint density at radius 3 is 2.29 bits per heavy atom. The summed E-state index contributed by atoms with van der Waals surface area (Å²) >= 11 is 0. The molecule has 0 radical (unpaired) electrons. The summed E-state index contributed by atoms with van der Waals surface area (Å²) in [4.78, 5) is 42.2. The van der Waals surface area contributed by atoms with Crippen molar-refractivity contribution in [2.24, 2.45) is 7.05 Å². The molecule has 1 aromatic carbocycles. The second-order valence-corrected chi connectivity index (χ2v) is 11.0. The van der Waals surface area contributed by atoms with Crippen LogP contribution in [0.4, 0.5) is 19.0 Å². The van der Waals surface area contributed by atoms with Crippen molar-refractivity contribution in [1.29, 1.82) is 0 Å². The number of benzene rings is 1. The van der Waals surface area contributed by atoms with Crippen LogP contribution in [0.15, 0.2) is 41.2 Å². The van der Waals surface area contributed by atoms with E-state index in [1.165, 1.54) is 16.7 Å². The van der Waals surface area contributed by atoms with Gasteiger partial charge >= 0.3 is 11.9 Å². The number of fused-ring (bicyclic) bond motifs is 1. The van der Waals surface area contributed by atoms with E-state index in [2.05, 4.69) is 14.8 Å². The third kappa shape index (κ3) is 5.74. The number of amides is 1. The van der Waals surface area contributed by atoms with Gasteiger partial charge in [0.2, 0.25) is 5.91 Å². The smallest absolute Gasteiger partial charge is 0.378 e. The van der Waals surface area contributed by atoms with Crippen molar-refractivity contribution in [3.63, 3.8) is 0 Å². The van der Waals surface area contributed by atoms with Crippen molar-refractivity contribution in [2.45, 2.75) is 57.9 Å². The highest BCUT2D eigenvalue weighted by atomic mass is 19.4. The number of nitrogens with zero attached hydrogens (tertiary/aromatic N) is 6. The number of piperazine rings is 1. The van der Waals surface area contributed by atoms with E-state index in [-0.39, 0.29) is 23.7 Å². The Balaban J connectivity index is 1.56. The molecule has 2 aliphatic rings. The third-order valence-corrected chi connectivity index (χ3v) is 8.47. The summed E-state index contributed by atoms with van der Waals surface area (Å²) in [5.41, 5.74) is 1.53. The van der Waals surface area contributed by atoms with Gasteiger partial charge in [0.05, 0.1) is 24.3 Å². The van der Waals surface area contributed by atoms with E-state index >= 15 is 0 Å². The molecule has 12 heteroatoms. The van der Waals surface area contributed by atoms with E-state index in [0.717, 1.165) is 17.8 Å². The molecule has 0 bridgehead atoms. The molecule has 2 aliphatic heterocycles. The lowest BCUT2D eigenvalue weighted by molar-refractivity contribution is -0.143. The van der Waals surface area contributed by atoms with Gasteiger partial charge in [0, 0.05) is 51.0 Å². The average Bonchev–Trinajstić information content (AvgIpc) is 2.99. The molecular formula is C30H37F3N6O3. The van der Waals surface area contributed by atoms with Gasteiger partial charge in [-0.25, -0.2) is 9.78 Å². The van der Waals surface area contributed by atoms with Gasteiger partial charge in [-0.2, -0.15) is 18.2 Å². The first-order valence-corrected chi connectivity index (χ1v) is 14.4. The fourth-order valence-corrected chi connectivity index (χ4v) is 6.05. The SMILES string of the molecule is CC[C@H]1CN(C(C(=O)N2CCOCC2)c2ccc(C(F)(F)F)cc2)[C@H](CC)CN1c1nc(=O)n(C)c2ccc(C)nc12. The third-order valence-electron chi connectivity index (χ3n) is 8.47. The summed E-state index contributed by atoms with van der Waals surface area (Å²) in [5, 5.41) is 0. The molecular weight excluding hydrogens is 549 g/mol. The molecule has 3 atom stereocenters. The van der Waals surface area contributed by atoms with E-state index in [0.29, 0.717) is 74.6 Å². The molecule has 1 amide bonds. The lowest BCUT2D eigenvalue weighted by Crippen LogP contribution is -2.61. The maximum atomic E-state index is 14.1. The lowest BCUT2D eigenvalue weighted by atomic mass is 9.94. The quantitative estimate of drug-likeness (QED) is 0.433. The standard InChI is InChI=1S/C30H37F3N6O3/c1-5-22-18-39(27-25-24(12-7-19(3)34-25)36(4)29(41)35-27)23(6-2)17-38(22)26(28(40)37-13-15-42-16-14-37)20-8-10-21(11-9-20)30(31,32)33/h7-12,22-23,26H,5-6,13-18H2,1-4H3/t22-,23+,26?/m1/s1.